The lowest BCUT2D eigenvalue weighted by Crippen LogP contribution is -2.44. The van der Waals surface area contributed by atoms with E-state index in [0.717, 1.165) is 25.8 Å². The lowest BCUT2D eigenvalue weighted by atomic mass is 9.71. The Morgan fingerprint density at radius 2 is 1.89 bits per heavy atom. The van der Waals surface area contributed by atoms with Gasteiger partial charge in [0.15, 0.2) is 0 Å². The minimum absolute atomic E-state index is 0.0426. The van der Waals surface area contributed by atoms with E-state index in [2.05, 4.69) is 12.2 Å². The molecule has 1 unspecified atom stereocenters. The second-order valence-corrected chi connectivity index (χ2v) is 8.45. The molecule has 1 aromatic carbocycles. The summed E-state index contributed by atoms with van der Waals surface area (Å²) < 4.78 is 5.56. The molecule has 0 aromatic heterocycles. The van der Waals surface area contributed by atoms with Gasteiger partial charge in [-0.2, -0.15) is 0 Å². The molecule has 2 saturated heterocycles. The van der Waals surface area contributed by atoms with Crippen LogP contribution in [0, 0.1) is 17.3 Å². The van der Waals surface area contributed by atoms with Crippen molar-refractivity contribution in [1.29, 1.82) is 0 Å². The maximum Gasteiger partial charge on any atom is 0.253 e. The highest BCUT2D eigenvalue weighted by atomic mass is 16.5. The Hall–Kier alpha value is -1.88. The van der Waals surface area contributed by atoms with Gasteiger partial charge >= 0.3 is 0 Å². The Morgan fingerprint density at radius 3 is 2.52 bits per heavy atom. The molecule has 2 aliphatic heterocycles. The van der Waals surface area contributed by atoms with Gasteiger partial charge in [0.05, 0.1) is 5.92 Å². The molecule has 146 valence electrons. The molecule has 0 bridgehead atoms. The van der Waals surface area contributed by atoms with Crippen LogP contribution >= 0.6 is 0 Å². The molecular weight excluding hydrogens is 340 g/mol. The number of nitrogens with zero attached hydrogens (tertiary/aromatic N) is 1. The van der Waals surface area contributed by atoms with Crippen molar-refractivity contribution < 1.29 is 14.3 Å². The first-order valence-electron chi connectivity index (χ1n) is 10.3. The molecule has 3 aliphatic rings. The molecule has 5 heteroatoms. The van der Waals surface area contributed by atoms with Crippen LogP contribution in [0.1, 0.15) is 48.5 Å². The third kappa shape index (κ3) is 3.88. The Balaban J connectivity index is 1.50. The molecule has 0 radical (unpaired) electrons. The number of hydrogen-bond acceptors (Lipinski definition) is 3. The zero-order valence-corrected chi connectivity index (χ0v) is 16.2. The van der Waals surface area contributed by atoms with E-state index >= 15 is 0 Å². The van der Waals surface area contributed by atoms with E-state index < -0.39 is 0 Å². The highest BCUT2D eigenvalue weighted by Gasteiger charge is 2.51. The van der Waals surface area contributed by atoms with Crippen LogP contribution in [0.2, 0.25) is 0 Å². The fourth-order valence-corrected chi connectivity index (χ4v) is 4.52. The maximum absolute atomic E-state index is 13.1. The van der Waals surface area contributed by atoms with E-state index in [-0.39, 0.29) is 23.1 Å². The van der Waals surface area contributed by atoms with Gasteiger partial charge in [-0.05, 0) is 55.7 Å². The molecule has 4 rings (SSSR count). The van der Waals surface area contributed by atoms with E-state index in [1.807, 2.05) is 29.2 Å². The number of aryl methyl sites for hydroxylation is 1. The van der Waals surface area contributed by atoms with Gasteiger partial charge in [-0.3, -0.25) is 9.59 Å². The maximum atomic E-state index is 13.1. The molecular formula is C22H30N2O3. The minimum atomic E-state index is -0.134. The fraction of sp³-hybridized carbons (Fsp3) is 0.636. The zero-order valence-electron chi connectivity index (χ0n) is 16.2. The number of carbonyl (C=O) groups excluding carboxylic acids is 2. The molecule has 1 spiro atoms. The lowest BCUT2D eigenvalue weighted by Gasteiger charge is -2.37. The number of hydrogen-bond donors (Lipinski definition) is 1. The van der Waals surface area contributed by atoms with Gasteiger partial charge in [-0.15, -0.1) is 0 Å². The van der Waals surface area contributed by atoms with Crippen molar-refractivity contribution in [2.24, 2.45) is 17.3 Å². The first-order valence-corrected chi connectivity index (χ1v) is 10.3. The van der Waals surface area contributed by atoms with E-state index in [1.54, 1.807) is 0 Å². The zero-order chi connectivity index (χ0) is 18.9. The average Bonchev–Trinajstić information content (AvgIpc) is 3.47. The quantitative estimate of drug-likeness (QED) is 0.867. The summed E-state index contributed by atoms with van der Waals surface area (Å²) in [5, 5.41) is 3.15. The fourth-order valence-electron chi connectivity index (χ4n) is 4.52. The van der Waals surface area contributed by atoms with Gasteiger partial charge in [0, 0.05) is 43.8 Å². The summed E-state index contributed by atoms with van der Waals surface area (Å²) in [7, 11) is 0. The highest BCUT2D eigenvalue weighted by molar-refractivity contribution is 5.95. The minimum Gasteiger partial charge on any atom is -0.381 e. The van der Waals surface area contributed by atoms with Crippen LogP contribution in [-0.2, 0) is 16.0 Å². The van der Waals surface area contributed by atoms with Crippen LogP contribution < -0.4 is 5.32 Å². The van der Waals surface area contributed by atoms with E-state index in [0.29, 0.717) is 37.8 Å². The van der Waals surface area contributed by atoms with Crippen LogP contribution in [0.25, 0.3) is 0 Å². The summed E-state index contributed by atoms with van der Waals surface area (Å²) in [5.41, 5.74) is 1.81. The standard InChI is InChI=1S/C22H30N2O3/c1-2-16-5-7-18(8-6-16)21(26)24-14-19(20(25)23-13-17-3-4-17)22(15-24)9-11-27-12-10-22/h5-8,17,19H,2-4,9-15H2,1H3,(H,23,25). The van der Waals surface area contributed by atoms with Gasteiger partial charge in [0.1, 0.15) is 0 Å². The molecule has 1 N–H and O–H groups in total. The number of nitrogens with one attached hydrogen (secondary N) is 1. The van der Waals surface area contributed by atoms with Crippen LogP contribution in [0.15, 0.2) is 24.3 Å². The predicted octanol–water partition coefficient (Wildman–Crippen LogP) is 2.64. The van der Waals surface area contributed by atoms with Crippen LogP contribution in [0.3, 0.4) is 0 Å². The van der Waals surface area contributed by atoms with Crippen LogP contribution in [-0.4, -0.2) is 49.6 Å². The Labute approximate surface area is 161 Å². The van der Waals surface area contributed by atoms with E-state index in [4.69, 9.17) is 4.74 Å². The second-order valence-electron chi connectivity index (χ2n) is 8.45. The number of benzene rings is 1. The third-order valence-electron chi connectivity index (χ3n) is 6.61. The van der Waals surface area contributed by atoms with Crippen molar-refractivity contribution in [3.8, 4) is 0 Å². The summed E-state index contributed by atoms with van der Waals surface area (Å²) in [5.74, 6) is 0.705. The molecule has 3 fully saturated rings. The average molecular weight is 370 g/mol. The number of carbonyl (C=O) groups is 2. The SMILES string of the molecule is CCc1ccc(C(=O)N2CC(C(=O)NCC3CC3)C3(CCOCC3)C2)cc1. The van der Waals surface area contributed by atoms with Crippen molar-refractivity contribution in [1.82, 2.24) is 10.2 Å². The molecule has 2 amide bonds. The van der Waals surface area contributed by atoms with Crippen molar-refractivity contribution in [3.63, 3.8) is 0 Å². The summed E-state index contributed by atoms with van der Waals surface area (Å²) in [4.78, 5) is 27.9. The monoisotopic (exact) mass is 370 g/mol. The largest absolute Gasteiger partial charge is 0.381 e. The van der Waals surface area contributed by atoms with Gasteiger partial charge in [-0.25, -0.2) is 0 Å². The number of likely N-dealkylation sites (tertiary alicyclic amines) is 1. The van der Waals surface area contributed by atoms with Gasteiger partial charge < -0.3 is 15.0 Å². The van der Waals surface area contributed by atoms with Crippen molar-refractivity contribution in [2.75, 3.05) is 32.8 Å². The summed E-state index contributed by atoms with van der Waals surface area (Å²) in [6.07, 6.45) is 5.12. The Kier molecular flexibility index (Phi) is 5.22. The molecule has 1 saturated carbocycles. The third-order valence-corrected chi connectivity index (χ3v) is 6.61. The number of rotatable bonds is 5. The molecule has 1 atom stereocenters. The first kappa shape index (κ1) is 18.5. The number of ether oxygens (including phenoxy) is 1. The van der Waals surface area contributed by atoms with Crippen molar-refractivity contribution in [3.05, 3.63) is 35.4 Å². The molecule has 27 heavy (non-hydrogen) atoms. The number of amides is 2. The lowest BCUT2D eigenvalue weighted by molar-refractivity contribution is -0.129. The molecule has 1 aliphatic carbocycles. The van der Waals surface area contributed by atoms with Gasteiger partial charge in [0.2, 0.25) is 5.91 Å². The highest BCUT2D eigenvalue weighted by Crippen LogP contribution is 2.45. The van der Waals surface area contributed by atoms with Crippen LogP contribution in [0.4, 0.5) is 0 Å². The summed E-state index contributed by atoms with van der Waals surface area (Å²) in [6.45, 7) is 5.43. The molecule has 1 aromatic rings. The summed E-state index contributed by atoms with van der Waals surface area (Å²) >= 11 is 0. The normalized spacial score (nSPS) is 24.2. The summed E-state index contributed by atoms with van der Waals surface area (Å²) in [6, 6.07) is 7.87. The van der Waals surface area contributed by atoms with E-state index in [1.165, 1.54) is 18.4 Å². The first-order chi connectivity index (χ1) is 13.1. The topological polar surface area (TPSA) is 58.6 Å². The van der Waals surface area contributed by atoms with Crippen molar-refractivity contribution in [2.45, 2.75) is 39.0 Å². The molecule has 2 heterocycles. The predicted molar refractivity (Wildman–Crippen MR) is 103 cm³/mol. The smallest absolute Gasteiger partial charge is 0.253 e. The van der Waals surface area contributed by atoms with Crippen LogP contribution in [0.5, 0.6) is 0 Å². The van der Waals surface area contributed by atoms with Gasteiger partial charge in [0.25, 0.3) is 5.91 Å². The van der Waals surface area contributed by atoms with Crippen molar-refractivity contribution >= 4 is 11.8 Å². The van der Waals surface area contributed by atoms with Gasteiger partial charge in [-0.1, -0.05) is 19.1 Å². The Morgan fingerprint density at radius 1 is 1.19 bits per heavy atom. The molecule has 5 nitrogen and oxygen atoms in total. The van der Waals surface area contributed by atoms with E-state index in [9.17, 15) is 9.59 Å². The second kappa shape index (κ2) is 7.63. The Bertz CT molecular complexity index is 690.